The standard InChI is InChI=1S/C18H22N4OS/c1-11-16(12-6-8-22(11)9-7-12)21-17(23)15-10-20-18(24-15)13-4-2-3-5-14(13)19/h2-5,10-12,16H,6-9,19H2,1H3,(H,21,23). The highest BCUT2D eigenvalue weighted by Crippen LogP contribution is 2.33. The minimum absolute atomic E-state index is 0.0150. The molecular weight excluding hydrogens is 320 g/mol. The third kappa shape index (κ3) is 2.70. The number of carbonyl (C=O) groups is 1. The fourth-order valence-corrected chi connectivity index (χ4v) is 4.83. The van der Waals surface area contributed by atoms with Gasteiger partial charge in [0.2, 0.25) is 0 Å². The molecule has 2 bridgehead atoms. The minimum Gasteiger partial charge on any atom is -0.398 e. The number of para-hydroxylation sites is 1. The van der Waals surface area contributed by atoms with Crippen LogP contribution < -0.4 is 11.1 Å². The molecule has 3 fully saturated rings. The molecule has 6 heteroatoms. The number of fused-ring (bicyclic) bond motifs is 3. The summed E-state index contributed by atoms with van der Waals surface area (Å²) < 4.78 is 0. The molecule has 0 radical (unpaired) electrons. The average molecular weight is 342 g/mol. The van der Waals surface area contributed by atoms with E-state index in [1.807, 2.05) is 24.3 Å². The predicted molar refractivity (Wildman–Crippen MR) is 97.0 cm³/mol. The van der Waals surface area contributed by atoms with E-state index in [9.17, 15) is 4.79 Å². The molecule has 126 valence electrons. The molecule has 5 nitrogen and oxygen atoms in total. The van der Waals surface area contributed by atoms with Crippen molar-refractivity contribution >= 4 is 22.9 Å². The number of carbonyl (C=O) groups excluding carboxylic acids is 1. The molecule has 1 aromatic carbocycles. The Kier molecular flexibility index (Phi) is 4.02. The summed E-state index contributed by atoms with van der Waals surface area (Å²) in [4.78, 5) is 20.2. The number of nitrogens with two attached hydrogens (primary N) is 1. The monoisotopic (exact) mass is 342 g/mol. The molecule has 2 unspecified atom stereocenters. The number of hydrogen-bond donors (Lipinski definition) is 2. The van der Waals surface area contributed by atoms with Gasteiger partial charge in [-0.3, -0.25) is 9.69 Å². The van der Waals surface area contributed by atoms with Crippen molar-refractivity contribution < 1.29 is 4.79 Å². The Morgan fingerprint density at radius 1 is 1.33 bits per heavy atom. The Labute approximate surface area is 145 Å². The second-order valence-corrected chi connectivity index (χ2v) is 7.76. The van der Waals surface area contributed by atoms with Crippen LogP contribution in [-0.4, -0.2) is 41.0 Å². The molecule has 1 aromatic heterocycles. The first-order chi connectivity index (χ1) is 11.6. The molecule has 4 heterocycles. The number of benzene rings is 1. The quantitative estimate of drug-likeness (QED) is 0.841. The molecule has 24 heavy (non-hydrogen) atoms. The first-order valence-electron chi connectivity index (χ1n) is 8.49. The summed E-state index contributed by atoms with van der Waals surface area (Å²) in [5.41, 5.74) is 7.58. The Morgan fingerprint density at radius 2 is 2.08 bits per heavy atom. The summed E-state index contributed by atoms with van der Waals surface area (Å²) in [6.45, 7) is 4.55. The van der Waals surface area contributed by atoms with Crippen molar-refractivity contribution in [3.8, 4) is 10.6 Å². The Bertz CT molecular complexity index is 749. The average Bonchev–Trinajstić information content (AvgIpc) is 3.09. The molecule has 3 saturated heterocycles. The number of amides is 1. The van der Waals surface area contributed by atoms with E-state index in [0.29, 0.717) is 22.5 Å². The topological polar surface area (TPSA) is 71.2 Å². The number of hydrogen-bond acceptors (Lipinski definition) is 5. The van der Waals surface area contributed by atoms with Gasteiger partial charge in [0.05, 0.1) is 6.20 Å². The van der Waals surface area contributed by atoms with Crippen LogP contribution in [0.2, 0.25) is 0 Å². The van der Waals surface area contributed by atoms with Crippen molar-refractivity contribution in [2.45, 2.75) is 31.8 Å². The van der Waals surface area contributed by atoms with Crippen LogP contribution >= 0.6 is 11.3 Å². The first-order valence-corrected chi connectivity index (χ1v) is 9.31. The first kappa shape index (κ1) is 15.6. The molecule has 3 aliphatic heterocycles. The number of rotatable bonds is 3. The van der Waals surface area contributed by atoms with E-state index in [2.05, 4.69) is 22.1 Å². The van der Waals surface area contributed by atoms with Gasteiger partial charge in [-0.05, 0) is 50.9 Å². The van der Waals surface area contributed by atoms with E-state index in [4.69, 9.17) is 5.73 Å². The van der Waals surface area contributed by atoms with Crippen LogP contribution in [0.15, 0.2) is 30.5 Å². The van der Waals surface area contributed by atoms with Gasteiger partial charge >= 0.3 is 0 Å². The molecule has 3 N–H and O–H groups in total. The lowest BCUT2D eigenvalue weighted by atomic mass is 9.79. The van der Waals surface area contributed by atoms with Gasteiger partial charge in [-0.2, -0.15) is 0 Å². The predicted octanol–water partition coefficient (Wildman–Crippen LogP) is 2.60. The van der Waals surface area contributed by atoms with Crippen LogP contribution in [0.25, 0.3) is 10.6 Å². The normalized spacial score (nSPS) is 28.7. The van der Waals surface area contributed by atoms with Gasteiger partial charge in [0.25, 0.3) is 5.91 Å². The summed E-state index contributed by atoms with van der Waals surface area (Å²) in [6.07, 6.45) is 4.03. The van der Waals surface area contributed by atoms with Crippen LogP contribution in [0.3, 0.4) is 0 Å². The minimum atomic E-state index is -0.0150. The van der Waals surface area contributed by atoms with Crippen LogP contribution in [0, 0.1) is 5.92 Å². The highest BCUT2D eigenvalue weighted by atomic mass is 32.1. The number of nitrogens with one attached hydrogen (secondary N) is 1. The molecule has 3 aliphatic rings. The Morgan fingerprint density at radius 3 is 2.79 bits per heavy atom. The van der Waals surface area contributed by atoms with E-state index < -0.39 is 0 Å². The summed E-state index contributed by atoms with van der Waals surface area (Å²) in [5.74, 6) is 0.588. The zero-order valence-corrected chi connectivity index (χ0v) is 14.6. The van der Waals surface area contributed by atoms with E-state index in [0.717, 1.165) is 23.7 Å². The molecule has 5 rings (SSSR count). The summed E-state index contributed by atoms with van der Waals surface area (Å²) in [6, 6.07) is 8.28. The van der Waals surface area contributed by atoms with Gasteiger partial charge in [0.1, 0.15) is 9.88 Å². The molecule has 2 atom stereocenters. The maximum atomic E-state index is 12.7. The lowest BCUT2D eigenvalue weighted by Crippen LogP contribution is -2.62. The number of nitrogen functional groups attached to an aromatic ring is 1. The highest BCUT2D eigenvalue weighted by molar-refractivity contribution is 7.17. The van der Waals surface area contributed by atoms with Crippen molar-refractivity contribution in [1.82, 2.24) is 15.2 Å². The maximum Gasteiger partial charge on any atom is 0.263 e. The van der Waals surface area contributed by atoms with Crippen LogP contribution in [0.5, 0.6) is 0 Å². The largest absolute Gasteiger partial charge is 0.398 e. The van der Waals surface area contributed by atoms with Crippen LogP contribution in [0.4, 0.5) is 5.69 Å². The third-order valence-corrected chi connectivity index (χ3v) is 6.43. The van der Waals surface area contributed by atoms with Crippen molar-refractivity contribution in [2.75, 3.05) is 18.8 Å². The van der Waals surface area contributed by atoms with E-state index in [-0.39, 0.29) is 11.9 Å². The highest BCUT2D eigenvalue weighted by Gasteiger charge is 2.40. The van der Waals surface area contributed by atoms with Crippen LogP contribution in [0.1, 0.15) is 29.4 Å². The molecule has 0 saturated carbocycles. The lowest BCUT2D eigenvalue weighted by Gasteiger charge is -2.49. The molecular formula is C18H22N4OS. The number of anilines is 1. The molecule has 2 aromatic rings. The fourth-order valence-electron chi connectivity index (χ4n) is 3.96. The van der Waals surface area contributed by atoms with E-state index >= 15 is 0 Å². The second kappa shape index (κ2) is 6.18. The van der Waals surface area contributed by atoms with Crippen molar-refractivity contribution in [3.63, 3.8) is 0 Å². The molecule has 0 spiro atoms. The maximum absolute atomic E-state index is 12.7. The number of nitrogens with zero attached hydrogens (tertiary/aromatic N) is 2. The van der Waals surface area contributed by atoms with E-state index in [1.165, 1.54) is 24.2 Å². The summed E-state index contributed by atoms with van der Waals surface area (Å²) >= 11 is 1.40. The smallest absolute Gasteiger partial charge is 0.263 e. The van der Waals surface area contributed by atoms with Crippen molar-refractivity contribution in [3.05, 3.63) is 35.3 Å². The fraction of sp³-hybridized carbons (Fsp3) is 0.444. The van der Waals surface area contributed by atoms with E-state index in [1.54, 1.807) is 6.20 Å². The lowest BCUT2D eigenvalue weighted by molar-refractivity contribution is 0.0218. The Balaban J connectivity index is 1.51. The molecule has 0 aliphatic carbocycles. The number of piperidine rings is 3. The zero-order valence-electron chi connectivity index (χ0n) is 13.7. The second-order valence-electron chi connectivity index (χ2n) is 6.73. The van der Waals surface area contributed by atoms with Gasteiger partial charge in [-0.1, -0.05) is 12.1 Å². The SMILES string of the molecule is CC1C(NC(=O)c2cnc(-c3ccccc3N)s2)C2CCN1CC2. The van der Waals surface area contributed by atoms with Gasteiger partial charge < -0.3 is 11.1 Å². The van der Waals surface area contributed by atoms with Crippen molar-refractivity contribution in [1.29, 1.82) is 0 Å². The van der Waals surface area contributed by atoms with Gasteiger partial charge in [-0.25, -0.2) is 4.98 Å². The Hall–Kier alpha value is -1.92. The van der Waals surface area contributed by atoms with Crippen LogP contribution in [-0.2, 0) is 0 Å². The van der Waals surface area contributed by atoms with Gasteiger partial charge in [0.15, 0.2) is 0 Å². The molecule has 1 amide bonds. The summed E-state index contributed by atoms with van der Waals surface area (Å²) in [7, 11) is 0. The van der Waals surface area contributed by atoms with Gasteiger partial charge in [-0.15, -0.1) is 11.3 Å². The third-order valence-electron chi connectivity index (χ3n) is 5.40. The number of aromatic nitrogens is 1. The van der Waals surface area contributed by atoms with Crippen molar-refractivity contribution in [2.24, 2.45) is 5.92 Å². The van der Waals surface area contributed by atoms with Gasteiger partial charge in [0, 0.05) is 23.3 Å². The summed E-state index contributed by atoms with van der Waals surface area (Å²) in [5, 5.41) is 4.05. The zero-order chi connectivity index (χ0) is 16.7. The number of thiazole rings is 1.